The van der Waals surface area contributed by atoms with Gasteiger partial charge in [-0.05, 0) is 30.9 Å². The SMILES string of the molecule is Cc1ccc2c(ccc3c4ccc(C)cc4n(C)c23)c1. The summed E-state index contributed by atoms with van der Waals surface area (Å²) in [4.78, 5) is 0. The van der Waals surface area contributed by atoms with E-state index in [4.69, 9.17) is 0 Å². The lowest BCUT2D eigenvalue weighted by molar-refractivity contribution is 1.02. The van der Waals surface area contributed by atoms with Crippen molar-refractivity contribution >= 4 is 32.6 Å². The van der Waals surface area contributed by atoms with Crippen LogP contribution in [-0.4, -0.2) is 4.57 Å². The highest BCUT2D eigenvalue weighted by Gasteiger charge is 2.11. The molecule has 0 aliphatic heterocycles. The minimum atomic E-state index is 1.31. The van der Waals surface area contributed by atoms with Crippen LogP contribution in [0.5, 0.6) is 0 Å². The molecule has 0 saturated heterocycles. The Labute approximate surface area is 118 Å². The van der Waals surface area contributed by atoms with Crippen molar-refractivity contribution in [1.82, 2.24) is 4.57 Å². The van der Waals surface area contributed by atoms with E-state index in [0.29, 0.717) is 0 Å². The highest BCUT2D eigenvalue weighted by atomic mass is 14.9. The molecule has 0 radical (unpaired) electrons. The highest BCUT2D eigenvalue weighted by Crippen LogP contribution is 2.34. The predicted molar refractivity (Wildman–Crippen MR) is 87.4 cm³/mol. The molecule has 0 amide bonds. The number of nitrogens with zero attached hydrogens (tertiary/aromatic N) is 1. The second-order valence-electron chi connectivity index (χ2n) is 5.77. The van der Waals surface area contributed by atoms with Crippen molar-refractivity contribution in [1.29, 1.82) is 0 Å². The summed E-state index contributed by atoms with van der Waals surface area (Å²) in [5, 5.41) is 5.35. The molecular formula is C19H17N. The van der Waals surface area contributed by atoms with E-state index in [2.05, 4.69) is 74.0 Å². The lowest BCUT2D eigenvalue weighted by atomic mass is 10.0. The molecule has 1 heterocycles. The Kier molecular flexibility index (Phi) is 2.23. The molecule has 0 fully saturated rings. The van der Waals surface area contributed by atoms with Gasteiger partial charge >= 0.3 is 0 Å². The van der Waals surface area contributed by atoms with Crippen LogP contribution in [0.15, 0.2) is 48.5 Å². The predicted octanol–water partition coefficient (Wildman–Crippen LogP) is 5.10. The first-order valence-electron chi connectivity index (χ1n) is 7.03. The van der Waals surface area contributed by atoms with E-state index in [0.717, 1.165) is 0 Å². The van der Waals surface area contributed by atoms with Gasteiger partial charge in [-0.25, -0.2) is 0 Å². The second kappa shape index (κ2) is 3.86. The first kappa shape index (κ1) is 11.5. The van der Waals surface area contributed by atoms with Crippen LogP contribution >= 0.6 is 0 Å². The molecule has 4 rings (SSSR count). The van der Waals surface area contributed by atoms with Gasteiger partial charge in [0.1, 0.15) is 0 Å². The molecule has 1 heteroatoms. The molecule has 98 valence electrons. The molecule has 0 saturated carbocycles. The minimum Gasteiger partial charge on any atom is -0.343 e. The summed E-state index contributed by atoms with van der Waals surface area (Å²) >= 11 is 0. The molecule has 0 aliphatic rings. The largest absolute Gasteiger partial charge is 0.343 e. The molecular weight excluding hydrogens is 242 g/mol. The van der Waals surface area contributed by atoms with Crippen molar-refractivity contribution in [2.45, 2.75) is 13.8 Å². The molecule has 0 unspecified atom stereocenters. The molecule has 0 spiro atoms. The number of hydrogen-bond acceptors (Lipinski definition) is 0. The summed E-state index contributed by atoms with van der Waals surface area (Å²) in [7, 11) is 2.17. The van der Waals surface area contributed by atoms with Gasteiger partial charge in [0.15, 0.2) is 0 Å². The number of aromatic nitrogens is 1. The first-order valence-corrected chi connectivity index (χ1v) is 7.03. The van der Waals surface area contributed by atoms with Crippen molar-refractivity contribution in [3.8, 4) is 0 Å². The van der Waals surface area contributed by atoms with Gasteiger partial charge in [0.25, 0.3) is 0 Å². The molecule has 1 aromatic heterocycles. The fraction of sp³-hybridized carbons (Fsp3) is 0.158. The van der Waals surface area contributed by atoms with Gasteiger partial charge in [-0.3, -0.25) is 0 Å². The number of fused-ring (bicyclic) bond motifs is 5. The zero-order valence-corrected chi connectivity index (χ0v) is 12.1. The molecule has 0 N–H and O–H groups in total. The van der Waals surface area contributed by atoms with E-state index >= 15 is 0 Å². The Morgan fingerprint density at radius 2 is 1.35 bits per heavy atom. The summed E-state index contributed by atoms with van der Waals surface area (Å²) in [5.41, 5.74) is 5.27. The van der Waals surface area contributed by atoms with Gasteiger partial charge in [-0.15, -0.1) is 0 Å². The third-order valence-electron chi connectivity index (χ3n) is 4.29. The van der Waals surface area contributed by atoms with Crippen LogP contribution in [0, 0.1) is 13.8 Å². The Morgan fingerprint density at radius 1 is 0.700 bits per heavy atom. The van der Waals surface area contributed by atoms with Crippen molar-refractivity contribution in [2.75, 3.05) is 0 Å². The van der Waals surface area contributed by atoms with Crippen LogP contribution in [0.2, 0.25) is 0 Å². The van der Waals surface area contributed by atoms with Gasteiger partial charge < -0.3 is 4.57 Å². The van der Waals surface area contributed by atoms with Crippen LogP contribution in [-0.2, 0) is 7.05 Å². The lowest BCUT2D eigenvalue weighted by Crippen LogP contribution is -1.88. The van der Waals surface area contributed by atoms with E-state index in [9.17, 15) is 0 Å². The van der Waals surface area contributed by atoms with E-state index in [1.165, 1.54) is 43.7 Å². The number of hydrogen-bond donors (Lipinski definition) is 0. The first-order chi connectivity index (χ1) is 9.65. The van der Waals surface area contributed by atoms with Crippen LogP contribution in [0.1, 0.15) is 11.1 Å². The topological polar surface area (TPSA) is 4.93 Å². The number of aryl methyl sites for hydroxylation is 3. The Hall–Kier alpha value is -2.28. The smallest absolute Gasteiger partial charge is 0.0568 e. The van der Waals surface area contributed by atoms with Crippen molar-refractivity contribution in [2.24, 2.45) is 7.05 Å². The molecule has 0 atom stereocenters. The number of benzene rings is 3. The standard InChI is InChI=1S/C19H17N/c1-12-4-7-15-14(10-12)6-9-17-16-8-5-13(2)11-18(16)20(3)19(15)17/h4-11H,1-3H3. The van der Waals surface area contributed by atoms with Gasteiger partial charge in [-0.1, -0.05) is 48.0 Å². The maximum Gasteiger partial charge on any atom is 0.0568 e. The molecule has 3 aromatic carbocycles. The zero-order chi connectivity index (χ0) is 13.9. The monoisotopic (exact) mass is 259 g/mol. The Morgan fingerprint density at radius 3 is 2.15 bits per heavy atom. The zero-order valence-electron chi connectivity index (χ0n) is 12.1. The maximum absolute atomic E-state index is 2.33. The lowest BCUT2D eigenvalue weighted by Gasteiger charge is -2.04. The van der Waals surface area contributed by atoms with E-state index in [1.54, 1.807) is 0 Å². The van der Waals surface area contributed by atoms with E-state index in [1.807, 2.05) is 0 Å². The van der Waals surface area contributed by atoms with Crippen LogP contribution in [0.25, 0.3) is 32.6 Å². The summed E-state index contributed by atoms with van der Waals surface area (Å²) in [6.45, 7) is 4.30. The molecule has 4 aromatic rings. The molecule has 1 nitrogen and oxygen atoms in total. The summed E-state index contributed by atoms with van der Waals surface area (Å²) in [6, 6.07) is 17.9. The fourth-order valence-corrected chi connectivity index (χ4v) is 3.28. The number of rotatable bonds is 0. The maximum atomic E-state index is 2.33. The van der Waals surface area contributed by atoms with Gasteiger partial charge in [0, 0.05) is 28.7 Å². The third-order valence-corrected chi connectivity index (χ3v) is 4.29. The van der Waals surface area contributed by atoms with Crippen LogP contribution < -0.4 is 0 Å². The van der Waals surface area contributed by atoms with Crippen molar-refractivity contribution in [3.63, 3.8) is 0 Å². The van der Waals surface area contributed by atoms with E-state index < -0.39 is 0 Å². The quantitative estimate of drug-likeness (QED) is 0.414. The van der Waals surface area contributed by atoms with Crippen molar-refractivity contribution in [3.05, 3.63) is 59.7 Å². The summed E-state index contributed by atoms with van der Waals surface area (Å²) in [6.07, 6.45) is 0. The Bertz CT molecular complexity index is 973. The van der Waals surface area contributed by atoms with Gasteiger partial charge in [-0.2, -0.15) is 0 Å². The normalized spacial score (nSPS) is 11.8. The van der Waals surface area contributed by atoms with Crippen LogP contribution in [0.4, 0.5) is 0 Å². The summed E-state index contributed by atoms with van der Waals surface area (Å²) < 4.78 is 2.33. The average molecular weight is 259 g/mol. The molecule has 0 bridgehead atoms. The Balaban J connectivity index is 2.30. The molecule has 20 heavy (non-hydrogen) atoms. The second-order valence-corrected chi connectivity index (χ2v) is 5.77. The summed E-state index contributed by atoms with van der Waals surface area (Å²) in [5.74, 6) is 0. The minimum absolute atomic E-state index is 1.31. The van der Waals surface area contributed by atoms with Crippen LogP contribution in [0.3, 0.4) is 0 Å². The highest BCUT2D eigenvalue weighted by molar-refractivity contribution is 6.17. The van der Waals surface area contributed by atoms with Gasteiger partial charge in [0.2, 0.25) is 0 Å². The third kappa shape index (κ3) is 1.44. The van der Waals surface area contributed by atoms with Gasteiger partial charge in [0.05, 0.1) is 5.52 Å². The average Bonchev–Trinajstić information content (AvgIpc) is 2.72. The van der Waals surface area contributed by atoms with Crippen molar-refractivity contribution < 1.29 is 0 Å². The fourth-order valence-electron chi connectivity index (χ4n) is 3.28. The molecule has 0 aliphatic carbocycles. The van der Waals surface area contributed by atoms with E-state index in [-0.39, 0.29) is 0 Å².